The number of rotatable bonds is 8. The average Bonchev–Trinajstić information content (AvgIpc) is 3.31. The number of carboxylic acids is 2. The number of nitrogens with zero attached hydrogens (tertiary/aromatic N) is 2. The van der Waals surface area contributed by atoms with Crippen molar-refractivity contribution in [2.75, 3.05) is 5.73 Å². The highest BCUT2D eigenvalue weighted by atomic mass is 32.1. The summed E-state index contributed by atoms with van der Waals surface area (Å²) in [5.41, 5.74) is 6.64. The first-order valence-corrected chi connectivity index (χ1v) is 9.67. The van der Waals surface area contributed by atoms with Gasteiger partial charge in [0.2, 0.25) is 11.8 Å². The van der Waals surface area contributed by atoms with Crippen molar-refractivity contribution in [2.24, 2.45) is 0 Å². The molecule has 0 aliphatic rings. The number of nitrogens with two attached hydrogens (primary N) is 1. The van der Waals surface area contributed by atoms with E-state index in [4.69, 9.17) is 10.8 Å². The number of aromatic nitrogens is 3. The summed E-state index contributed by atoms with van der Waals surface area (Å²) in [6.07, 6.45) is 1.08. The van der Waals surface area contributed by atoms with E-state index in [0.717, 1.165) is 16.2 Å². The van der Waals surface area contributed by atoms with Gasteiger partial charge in [-0.2, -0.15) is 9.97 Å². The number of H-pyrrole nitrogens is 1. The zero-order chi connectivity index (χ0) is 22.0. The van der Waals surface area contributed by atoms with Crippen LogP contribution in [0.5, 0.6) is 5.88 Å². The molecule has 0 aromatic carbocycles. The first kappa shape index (κ1) is 21.0. The molecule has 2 atom stereocenters. The number of aromatic amines is 1. The summed E-state index contributed by atoms with van der Waals surface area (Å²) in [6.45, 7) is 1.87. The Kier molecular flexibility index (Phi) is 5.87. The Morgan fingerprint density at radius 2 is 2.00 bits per heavy atom. The van der Waals surface area contributed by atoms with Gasteiger partial charge in [-0.3, -0.25) is 9.59 Å². The minimum atomic E-state index is -1.30. The maximum absolute atomic E-state index is 12.4. The lowest BCUT2D eigenvalue weighted by atomic mass is 10.00. The number of carbonyl (C=O) groups is 3. The van der Waals surface area contributed by atoms with Gasteiger partial charge in [-0.15, -0.1) is 11.3 Å². The van der Waals surface area contributed by atoms with Crippen LogP contribution in [0, 0.1) is 0 Å². The highest BCUT2D eigenvalue weighted by Gasteiger charge is 2.24. The summed E-state index contributed by atoms with van der Waals surface area (Å²) in [5, 5.41) is 30.8. The average molecular weight is 433 g/mol. The monoisotopic (exact) mass is 433 g/mol. The van der Waals surface area contributed by atoms with E-state index in [2.05, 4.69) is 20.3 Å². The molecular formula is C18H19N5O6S. The number of thiophene rings is 1. The Labute approximate surface area is 173 Å². The number of nitrogen functional groups attached to an aromatic ring is 1. The number of nitrogens with one attached hydrogen (secondary N) is 2. The third-order valence-corrected chi connectivity index (χ3v) is 5.82. The predicted octanol–water partition coefficient (Wildman–Crippen LogP) is 1.51. The molecule has 3 heterocycles. The lowest BCUT2D eigenvalue weighted by Crippen LogP contribution is -2.40. The van der Waals surface area contributed by atoms with E-state index in [-0.39, 0.29) is 35.5 Å². The zero-order valence-corrected chi connectivity index (χ0v) is 16.6. The topological polar surface area (TPSA) is 192 Å². The van der Waals surface area contributed by atoms with Crippen molar-refractivity contribution in [3.05, 3.63) is 33.6 Å². The first-order chi connectivity index (χ1) is 14.2. The number of aliphatic carboxylic acids is 2. The lowest BCUT2D eigenvalue weighted by Gasteiger charge is -2.12. The van der Waals surface area contributed by atoms with E-state index in [1.807, 2.05) is 6.92 Å². The van der Waals surface area contributed by atoms with Gasteiger partial charge < -0.3 is 31.4 Å². The molecule has 30 heavy (non-hydrogen) atoms. The van der Waals surface area contributed by atoms with Gasteiger partial charge in [-0.1, -0.05) is 6.92 Å². The van der Waals surface area contributed by atoms with Crippen LogP contribution in [0.25, 0.3) is 11.0 Å². The number of fused-ring (bicyclic) bond motifs is 1. The SMILES string of the molecule is CC(c1ccc(C(=O)N[C@@H](CCC(=O)O)C(=O)O)s1)c1c[nH]c2nc(N)nc(O)c12. The number of carbonyl (C=O) groups excluding carboxylic acids is 1. The molecule has 0 saturated heterocycles. The van der Waals surface area contributed by atoms with Crippen molar-refractivity contribution in [3.63, 3.8) is 0 Å². The van der Waals surface area contributed by atoms with Gasteiger partial charge in [0, 0.05) is 23.4 Å². The van der Waals surface area contributed by atoms with Crippen LogP contribution in [-0.2, 0) is 9.59 Å². The fourth-order valence-corrected chi connectivity index (χ4v) is 3.99. The van der Waals surface area contributed by atoms with Gasteiger partial charge in [0.15, 0.2) is 0 Å². The molecule has 7 N–H and O–H groups in total. The van der Waals surface area contributed by atoms with Crippen molar-refractivity contribution < 1.29 is 29.7 Å². The number of aromatic hydroxyl groups is 1. The van der Waals surface area contributed by atoms with Crippen LogP contribution >= 0.6 is 11.3 Å². The normalized spacial score (nSPS) is 13.1. The molecule has 0 fully saturated rings. The number of carboxylic acid groups (broad SMARTS) is 2. The highest BCUT2D eigenvalue weighted by molar-refractivity contribution is 7.14. The van der Waals surface area contributed by atoms with Crippen molar-refractivity contribution in [3.8, 4) is 5.88 Å². The van der Waals surface area contributed by atoms with Gasteiger partial charge in [-0.05, 0) is 24.1 Å². The van der Waals surface area contributed by atoms with E-state index in [1.54, 1.807) is 18.3 Å². The van der Waals surface area contributed by atoms with Crippen LogP contribution in [0.15, 0.2) is 18.3 Å². The smallest absolute Gasteiger partial charge is 0.326 e. The van der Waals surface area contributed by atoms with Crippen LogP contribution in [0.2, 0.25) is 0 Å². The second-order valence-corrected chi connectivity index (χ2v) is 7.71. The summed E-state index contributed by atoms with van der Waals surface area (Å²) in [4.78, 5) is 46.2. The Hall–Kier alpha value is -3.67. The summed E-state index contributed by atoms with van der Waals surface area (Å²) >= 11 is 1.16. The number of hydrogen-bond acceptors (Lipinski definition) is 8. The molecule has 12 heteroatoms. The minimum Gasteiger partial charge on any atom is -0.493 e. The molecule has 0 aliphatic carbocycles. The van der Waals surface area contributed by atoms with Gasteiger partial charge >= 0.3 is 11.9 Å². The molecule has 1 amide bonds. The maximum Gasteiger partial charge on any atom is 0.326 e. The molecule has 0 spiro atoms. The summed E-state index contributed by atoms with van der Waals surface area (Å²) in [5.74, 6) is -3.59. The molecule has 0 radical (unpaired) electrons. The largest absolute Gasteiger partial charge is 0.493 e. The van der Waals surface area contributed by atoms with E-state index in [1.165, 1.54) is 0 Å². The Morgan fingerprint density at radius 3 is 2.67 bits per heavy atom. The third kappa shape index (κ3) is 4.33. The standard InChI is InChI=1S/C18H19N5O6S/c1-7(8-6-20-14-13(8)16(27)23-18(19)22-14)10-3-4-11(30-10)15(26)21-9(17(28)29)2-5-12(24)25/h3-4,6-7,9H,2,5H2,1H3,(H,21,26)(H,24,25)(H,28,29)(H4,19,20,22,23,27)/t7?,9-/m0/s1. The second-order valence-electron chi connectivity index (χ2n) is 6.59. The lowest BCUT2D eigenvalue weighted by molar-refractivity contribution is -0.140. The molecule has 158 valence electrons. The molecular weight excluding hydrogens is 414 g/mol. The highest BCUT2D eigenvalue weighted by Crippen LogP contribution is 2.36. The first-order valence-electron chi connectivity index (χ1n) is 8.86. The number of amides is 1. The molecule has 0 bridgehead atoms. The van der Waals surface area contributed by atoms with Gasteiger partial charge in [0.25, 0.3) is 5.91 Å². The van der Waals surface area contributed by atoms with Crippen LogP contribution < -0.4 is 11.1 Å². The molecule has 11 nitrogen and oxygen atoms in total. The summed E-state index contributed by atoms with van der Waals surface area (Å²) in [6, 6.07) is 1.99. The van der Waals surface area contributed by atoms with E-state index < -0.39 is 23.9 Å². The predicted molar refractivity (Wildman–Crippen MR) is 108 cm³/mol. The molecule has 3 aromatic heterocycles. The Bertz CT molecular complexity index is 1120. The molecule has 3 rings (SSSR count). The third-order valence-electron chi connectivity index (χ3n) is 4.55. The molecule has 3 aromatic rings. The quantitative estimate of drug-likeness (QED) is 0.305. The number of anilines is 1. The molecule has 0 saturated carbocycles. The van der Waals surface area contributed by atoms with E-state index in [0.29, 0.717) is 16.6 Å². The van der Waals surface area contributed by atoms with Crippen molar-refractivity contribution >= 4 is 46.2 Å². The zero-order valence-electron chi connectivity index (χ0n) is 15.7. The van der Waals surface area contributed by atoms with Crippen molar-refractivity contribution in [2.45, 2.75) is 31.7 Å². The molecule has 0 aliphatic heterocycles. The number of hydrogen-bond donors (Lipinski definition) is 6. The van der Waals surface area contributed by atoms with Crippen LogP contribution in [0.4, 0.5) is 5.95 Å². The second kappa shape index (κ2) is 8.37. The fraction of sp³-hybridized carbons (Fsp3) is 0.278. The maximum atomic E-state index is 12.4. The summed E-state index contributed by atoms with van der Waals surface area (Å²) in [7, 11) is 0. The summed E-state index contributed by atoms with van der Waals surface area (Å²) < 4.78 is 0. The molecule has 1 unspecified atom stereocenters. The van der Waals surface area contributed by atoms with Gasteiger partial charge in [0.05, 0.1) is 10.3 Å². The minimum absolute atomic E-state index is 0.0629. The van der Waals surface area contributed by atoms with Gasteiger partial charge in [-0.25, -0.2) is 4.79 Å². The Balaban J connectivity index is 1.79. The Morgan fingerprint density at radius 1 is 1.27 bits per heavy atom. The van der Waals surface area contributed by atoms with Crippen LogP contribution in [0.1, 0.15) is 45.8 Å². The van der Waals surface area contributed by atoms with E-state index in [9.17, 15) is 24.6 Å². The van der Waals surface area contributed by atoms with Gasteiger partial charge in [0.1, 0.15) is 11.7 Å². The van der Waals surface area contributed by atoms with Crippen molar-refractivity contribution in [1.82, 2.24) is 20.3 Å². The van der Waals surface area contributed by atoms with Crippen molar-refractivity contribution in [1.29, 1.82) is 0 Å². The fourth-order valence-electron chi connectivity index (χ4n) is 3.01. The van der Waals surface area contributed by atoms with Crippen LogP contribution in [-0.4, -0.2) is 54.2 Å². The van der Waals surface area contributed by atoms with Crippen LogP contribution in [0.3, 0.4) is 0 Å². The van der Waals surface area contributed by atoms with E-state index >= 15 is 0 Å².